The molecule has 0 spiro atoms. The average Bonchev–Trinajstić information content (AvgIpc) is 3.07. The molecular weight excluding hydrogens is 469 g/mol. The Bertz CT molecular complexity index is 1160. The predicted octanol–water partition coefficient (Wildman–Crippen LogP) is 4.67. The number of anilines is 1. The van der Waals surface area contributed by atoms with E-state index in [4.69, 9.17) is 0 Å². The molecule has 0 saturated heterocycles. The number of thiophene rings is 1. The summed E-state index contributed by atoms with van der Waals surface area (Å²) in [5, 5.41) is 13.6. The zero-order chi connectivity index (χ0) is 23.3. The van der Waals surface area contributed by atoms with Gasteiger partial charge in [0, 0.05) is 29.2 Å². The van der Waals surface area contributed by atoms with Crippen molar-refractivity contribution in [3.63, 3.8) is 0 Å². The number of carboxylic acid groups (broad SMARTS) is 1. The molecule has 0 aliphatic heterocycles. The number of aromatic nitrogens is 1. The molecule has 1 fully saturated rings. The lowest BCUT2D eigenvalue weighted by Gasteiger charge is -2.32. The maximum atomic E-state index is 12.8. The largest absolute Gasteiger partial charge is 0.755 e. The van der Waals surface area contributed by atoms with E-state index >= 15 is 0 Å². The van der Waals surface area contributed by atoms with Crippen molar-refractivity contribution < 1.29 is 36.4 Å². The van der Waals surface area contributed by atoms with E-state index in [0.29, 0.717) is 18.1 Å². The van der Waals surface area contributed by atoms with E-state index in [1.54, 1.807) is 37.3 Å². The summed E-state index contributed by atoms with van der Waals surface area (Å²) >= 11 is -2.14. The van der Waals surface area contributed by atoms with Crippen LogP contribution in [-0.2, 0) is 22.2 Å². The second-order valence-electron chi connectivity index (χ2n) is 7.26. The Kier molecular flexibility index (Phi) is 5.63. The van der Waals surface area contributed by atoms with E-state index in [9.17, 15) is 31.8 Å². The van der Waals surface area contributed by atoms with Crippen molar-refractivity contribution in [3.05, 3.63) is 59.9 Å². The first-order valence-electron chi connectivity index (χ1n) is 9.44. The number of rotatable bonds is 7. The summed E-state index contributed by atoms with van der Waals surface area (Å²) in [6.07, 6.45) is -4.30. The summed E-state index contributed by atoms with van der Waals surface area (Å²) in [7, 11) is 0. The van der Waals surface area contributed by atoms with Crippen molar-refractivity contribution in [1.82, 2.24) is 5.16 Å². The van der Waals surface area contributed by atoms with Crippen molar-refractivity contribution in [2.45, 2.75) is 31.0 Å². The number of benzene rings is 1. The van der Waals surface area contributed by atoms with Gasteiger partial charge in [-0.2, -0.15) is 13.2 Å². The number of hydrogen-bond acceptors (Lipinski definition) is 6. The average molecular weight is 485 g/mol. The van der Waals surface area contributed by atoms with E-state index in [-0.39, 0.29) is 15.6 Å². The van der Waals surface area contributed by atoms with E-state index in [1.165, 1.54) is 12.1 Å². The van der Waals surface area contributed by atoms with Crippen molar-refractivity contribution in [1.29, 1.82) is 0 Å². The molecule has 12 heteroatoms. The van der Waals surface area contributed by atoms with Crippen LogP contribution in [0.15, 0.2) is 53.1 Å². The van der Waals surface area contributed by atoms with Crippen molar-refractivity contribution >= 4 is 33.6 Å². The van der Waals surface area contributed by atoms with Crippen LogP contribution in [0.3, 0.4) is 0 Å². The Labute approximate surface area is 186 Å². The molecule has 0 amide bonds. The lowest BCUT2D eigenvalue weighted by Crippen LogP contribution is -2.47. The molecule has 4 rings (SSSR count). The number of carboxylic acids is 1. The van der Waals surface area contributed by atoms with Crippen LogP contribution in [0, 0.1) is 5.92 Å². The molecule has 1 saturated carbocycles. The molecular formula is C20H16F3N2O5S2-. The molecule has 3 aromatic rings. The third-order valence-electron chi connectivity index (χ3n) is 5.59. The van der Waals surface area contributed by atoms with Crippen molar-refractivity contribution in [2.24, 2.45) is 5.92 Å². The van der Waals surface area contributed by atoms with Crippen LogP contribution in [-0.4, -0.2) is 30.5 Å². The minimum atomic E-state index is -4.72. The zero-order valence-electron chi connectivity index (χ0n) is 16.4. The molecule has 170 valence electrons. The number of carbonyl (C=O) groups is 1. The van der Waals surface area contributed by atoms with E-state index < -0.39 is 46.5 Å². The van der Waals surface area contributed by atoms with Gasteiger partial charge in [-0.1, -0.05) is 42.4 Å². The third kappa shape index (κ3) is 3.51. The molecule has 4 unspecified atom stereocenters. The van der Waals surface area contributed by atoms with Crippen LogP contribution >= 0.6 is 11.3 Å². The van der Waals surface area contributed by atoms with Gasteiger partial charge in [-0.15, -0.1) is 11.3 Å². The molecule has 32 heavy (non-hydrogen) atoms. The normalized spacial score (nSPS) is 23.7. The zero-order valence-corrected chi connectivity index (χ0v) is 18.0. The first kappa shape index (κ1) is 22.5. The van der Waals surface area contributed by atoms with Crippen LogP contribution in [0.4, 0.5) is 18.2 Å². The first-order chi connectivity index (χ1) is 15.1. The monoisotopic (exact) mass is 485 g/mol. The minimum Gasteiger partial charge on any atom is -0.755 e. The summed E-state index contributed by atoms with van der Waals surface area (Å²) in [5.74, 6) is -3.66. The second kappa shape index (κ2) is 8.01. The Morgan fingerprint density at radius 2 is 2.00 bits per heavy atom. The summed E-state index contributed by atoms with van der Waals surface area (Å²) in [4.78, 5) is 12.7. The van der Waals surface area contributed by atoms with Gasteiger partial charge in [0.1, 0.15) is 10.7 Å². The fourth-order valence-electron chi connectivity index (χ4n) is 4.27. The molecule has 2 heterocycles. The Morgan fingerprint density at radius 1 is 1.31 bits per heavy atom. The second-order valence-corrected chi connectivity index (χ2v) is 9.12. The number of nitrogens with zero attached hydrogens (tertiary/aromatic N) is 2. The lowest BCUT2D eigenvalue weighted by molar-refractivity contribution is -0.155. The summed E-state index contributed by atoms with van der Waals surface area (Å²) in [6, 6.07) is 12.2. The highest BCUT2D eigenvalue weighted by molar-refractivity contribution is 7.81. The van der Waals surface area contributed by atoms with E-state index in [1.807, 2.05) is 0 Å². The van der Waals surface area contributed by atoms with Crippen LogP contribution in [0.1, 0.15) is 30.6 Å². The molecule has 4 atom stereocenters. The van der Waals surface area contributed by atoms with Crippen LogP contribution in [0.2, 0.25) is 0 Å². The molecule has 1 aliphatic carbocycles. The summed E-state index contributed by atoms with van der Waals surface area (Å²) < 4.78 is 68.2. The summed E-state index contributed by atoms with van der Waals surface area (Å²) in [5.41, 5.74) is -1.18. The van der Waals surface area contributed by atoms with Crippen LogP contribution in [0.5, 0.6) is 0 Å². The Balaban J connectivity index is 1.76. The van der Waals surface area contributed by atoms with Crippen molar-refractivity contribution in [2.75, 3.05) is 4.31 Å². The maximum absolute atomic E-state index is 12.8. The van der Waals surface area contributed by atoms with Gasteiger partial charge in [0.15, 0.2) is 5.54 Å². The fourth-order valence-corrected chi connectivity index (χ4v) is 6.28. The molecule has 1 aliphatic rings. The lowest BCUT2D eigenvalue weighted by atomic mass is 10.1. The fraction of sp³-hybridized carbons (Fsp3) is 0.300. The molecule has 1 N–H and O–H groups in total. The minimum absolute atomic E-state index is 0.0594. The standard InChI is InChI=1S/C20H17F3N2O5S2/c1-2-12-17(11-6-4-3-5-7-11)19(12,18(26)27)25(32(28)29)16-9-8-14(31-16)13-10-15(30-24-13)20(21,22)23/h3-10,12,17H,2H2,1H3,(H,26,27)(H,28,29)/p-1. The van der Waals surface area contributed by atoms with Gasteiger partial charge in [0.25, 0.3) is 0 Å². The van der Waals surface area contributed by atoms with Crippen LogP contribution in [0.25, 0.3) is 10.6 Å². The quantitative estimate of drug-likeness (QED) is 0.488. The van der Waals surface area contributed by atoms with Gasteiger partial charge in [-0.05, 0) is 24.1 Å². The summed E-state index contributed by atoms with van der Waals surface area (Å²) in [6.45, 7) is 1.78. The number of hydrogen-bond donors (Lipinski definition) is 1. The molecule has 0 radical (unpaired) electrons. The van der Waals surface area contributed by atoms with Gasteiger partial charge in [-0.25, -0.2) is 4.79 Å². The van der Waals surface area contributed by atoms with E-state index in [0.717, 1.165) is 15.6 Å². The van der Waals surface area contributed by atoms with Crippen molar-refractivity contribution in [3.8, 4) is 10.6 Å². The van der Waals surface area contributed by atoms with Gasteiger partial charge in [0.05, 0.1) is 4.88 Å². The molecule has 1 aromatic carbocycles. The maximum Gasteiger partial charge on any atom is 0.452 e. The SMILES string of the molecule is CCC1C(c2ccccc2)C1(C(=O)O)N(c1ccc(-c2cc(C(F)(F)F)on2)s1)S(=O)[O-]. The van der Waals surface area contributed by atoms with Gasteiger partial charge < -0.3 is 14.2 Å². The molecule has 0 bridgehead atoms. The smallest absolute Gasteiger partial charge is 0.452 e. The number of alkyl halides is 3. The van der Waals surface area contributed by atoms with Gasteiger partial charge in [-0.3, -0.25) is 8.51 Å². The topological polar surface area (TPSA) is 107 Å². The highest BCUT2D eigenvalue weighted by Crippen LogP contribution is 2.64. The third-order valence-corrected chi connectivity index (χ3v) is 7.60. The number of halogens is 3. The molecule has 2 aromatic heterocycles. The predicted molar refractivity (Wildman–Crippen MR) is 110 cm³/mol. The highest BCUT2D eigenvalue weighted by Gasteiger charge is 2.73. The molecule has 7 nitrogen and oxygen atoms in total. The van der Waals surface area contributed by atoms with Crippen LogP contribution < -0.4 is 4.31 Å². The number of aliphatic carboxylic acids is 1. The van der Waals surface area contributed by atoms with Gasteiger partial charge >= 0.3 is 12.1 Å². The highest BCUT2D eigenvalue weighted by atomic mass is 32.2. The van der Waals surface area contributed by atoms with E-state index in [2.05, 4.69) is 9.68 Å². The first-order valence-corrected chi connectivity index (χ1v) is 11.3. The Hall–Kier alpha value is -2.70. The Morgan fingerprint density at radius 3 is 2.53 bits per heavy atom. The van der Waals surface area contributed by atoms with Gasteiger partial charge in [0.2, 0.25) is 5.76 Å².